The van der Waals surface area contributed by atoms with E-state index in [-0.39, 0.29) is 23.1 Å². The lowest BCUT2D eigenvalue weighted by Gasteiger charge is -2.36. The van der Waals surface area contributed by atoms with Crippen LogP contribution < -0.4 is 5.32 Å². The quantitative estimate of drug-likeness (QED) is 0.782. The van der Waals surface area contributed by atoms with E-state index in [1.807, 2.05) is 0 Å². The van der Waals surface area contributed by atoms with Crippen LogP contribution in [0.4, 0.5) is 0 Å². The smallest absolute Gasteiger partial charge is 0.224 e. The van der Waals surface area contributed by atoms with Crippen LogP contribution in [-0.4, -0.2) is 43.0 Å². The van der Waals surface area contributed by atoms with Crippen LogP contribution in [0.1, 0.15) is 59.8 Å². The molecular formula is C15H30N2O3S. The molecule has 1 fully saturated rings. The van der Waals surface area contributed by atoms with Crippen LogP contribution in [0.5, 0.6) is 0 Å². The molecule has 0 bridgehead atoms. The van der Waals surface area contributed by atoms with Crippen molar-refractivity contribution < 1.29 is 13.2 Å². The maximum absolute atomic E-state index is 12.5. The highest BCUT2D eigenvalue weighted by Gasteiger charge is 2.34. The van der Waals surface area contributed by atoms with Gasteiger partial charge >= 0.3 is 0 Å². The summed E-state index contributed by atoms with van der Waals surface area (Å²) in [5.41, 5.74) is -0.150. The Morgan fingerprint density at radius 2 is 1.76 bits per heavy atom. The van der Waals surface area contributed by atoms with Crippen LogP contribution in [0, 0.1) is 5.92 Å². The topological polar surface area (TPSA) is 66.5 Å². The molecule has 0 radical (unpaired) electrons. The van der Waals surface area contributed by atoms with Gasteiger partial charge in [-0.3, -0.25) is 4.79 Å². The highest BCUT2D eigenvalue weighted by Crippen LogP contribution is 2.24. The summed E-state index contributed by atoms with van der Waals surface area (Å²) in [6, 6.07) is 0. The van der Waals surface area contributed by atoms with Gasteiger partial charge in [0.15, 0.2) is 0 Å². The van der Waals surface area contributed by atoms with E-state index in [0.717, 1.165) is 32.1 Å². The van der Waals surface area contributed by atoms with Crippen LogP contribution in [-0.2, 0) is 14.8 Å². The number of rotatable bonds is 7. The van der Waals surface area contributed by atoms with Gasteiger partial charge in [-0.05, 0) is 39.0 Å². The van der Waals surface area contributed by atoms with Crippen LogP contribution in [0.15, 0.2) is 0 Å². The van der Waals surface area contributed by atoms with Crippen LogP contribution >= 0.6 is 0 Å². The molecule has 1 heterocycles. The summed E-state index contributed by atoms with van der Waals surface area (Å²) in [6.07, 6.45) is 4.23. The normalized spacial score (nSPS) is 21.2. The third-order valence-corrected chi connectivity index (χ3v) is 6.78. The Morgan fingerprint density at radius 1 is 1.19 bits per heavy atom. The van der Waals surface area contributed by atoms with Crippen molar-refractivity contribution >= 4 is 15.9 Å². The number of hydrogen-bond donors (Lipinski definition) is 1. The number of carbonyl (C=O) groups excluding carboxylic acids is 1. The van der Waals surface area contributed by atoms with E-state index < -0.39 is 10.0 Å². The van der Waals surface area contributed by atoms with Crippen molar-refractivity contribution in [3.8, 4) is 0 Å². The molecule has 0 aliphatic carbocycles. The number of hydrogen-bond acceptors (Lipinski definition) is 3. The molecule has 1 amide bonds. The Kier molecular flexibility index (Phi) is 6.66. The highest BCUT2D eigenvalue weighted by molar-refractivity contribution is 7.89. The SMILES string of the molecule is CCC(CC)(CC)NC(=O)[C@H]1CCCN(S(=O)(=O)CC)C1. The van der Waals surface area contributed by atoms with Gasteiger partial charge in [-0.1, -0.05) is 20.8 Å². The summed E-state index contributed by atoms with van der Waals surface area (Å²) in [5.74, 6) is -0.106. The van der Waals surface area contributed by atoms with E-state index in [4.69, 9.17) is 0 Å². The number of piperidine rings is 1. The molecule has 21 heavy (non-hydrogen) atoms. The predicted molar refractivity (Wildman–Crippen MR) is 85.5 cm³/mol. The lowest BCUT2D eigenvalue weighted by atomic mass is 9.88. The molecule has 1 aliphatic heterocycles. The minimum Gasteiger partial charge on any atom is -0.350 e. The summed E-state index contributed by atoms with van der Waals surface area (Å²) in [5, 5.41) is 3.18. The first-order chi connectivity index (χ1) is 9.84. The lowest BCUT2D eigenvalue weighted by Crippen LogP contribution is -2.52. The van der Waals surface area contributed by atoms with Crippen molar-refractivity contribution in [2.24, 2.45) is 5.92 Å². The summed E-state index contributed by atoms with van der Waals surface area (Å²) < 4.78 is 25.4. The third-order valence-electron chi connectivity index (χ3n) is 4.93. The summed E-state index contributed by atoms with van der Waals surface area (Å²) >= 11 is 0. The second-order valence-corrected chi connectivity index (χ2v) is 8.19. The zero-order valence-corrected chi connectivity index (χ0v) is 14.6. The van der Waals surface area contributed by atoms with Gasteiger partial charge in [0.05, 0.1) is 11.7 Å². The third kappa shape index (κ3) is 4.42. The largest absolute Gasteiger partial charge is 0.350 e. The van der Waals surface area contributed by atoms with E-state index in [1.54, 1.807) is 6.92 Å². The van der Waals surface area contributed by atoms with Crippen LogP contribution in [0.25, 0.3) is 0 Å². The van der Waals surface area contributed by atoms with Gasteiger partial charge in [-0.15, -0.1) is 0 Å². The zero-order chi connectivity index (χ0) is 16.1. The fourth-order valence-electron chi connectivity index (χ4n) is 2.97. The van der Waals surface area contributed by atoms with Crippen molar-refractivity contribution in [2.75, 3.05) is 18.8 Å². The first-order valence-electron chi connectivity index (χ1n) is 8.14. The Morgan fingerprint density at radius 3 is 2.24 bits per heavy atom. The highest BCUT2D eigenvalue weighted by atomic mass is 32.2. The predicted octanol–water partition coefficient (Wildman–Crippen LogP) is 2.13. The lowest BCUT2D eigenvalue weighted by molar-refractivity contribution is -0.128. The Bertz CT molecular complexity index is 436. The fraction of sp³-hybridized carbons (Fsp3) is 0.933. The number of amides is 1. The molecule has 0 saturated carbocycles. The molecule has 0 spiro atoms. The van der Waals surface area contributed by atoms with Crippen LogP contribution in [0.3, 0.4) is 0 Å². The average Bonchev–Trinajstić information content (AvgIpc) is 2.52. The zero-order valence-electron chi connectivity index (χ0n) is 13.8. The monoisotopic (exact) mass is 318 g/mol. The standard InChI is InChI=1S/C15H30N2O3S/c1-5-15(6-2,7-3)16-14(18)13-10-9-11-17(12-13)21(19,20)8-4/h13H,5-12H2,1-4H3,(H,16,18)/t13-/m0/s1. The first kappa shape index (κ1) is 18.4. The van der Waals surface area contributed by atoms with E-state index in [2.05, 4.69) is 26.1 Å². The molecule has 1 saturated heterocycles. The number of nitrogens with zero attached hydrogens (tertiary/aromatic N) is 1. The second-order valence-electron chi connectivity index (χ2n) is 5.93. The van der Waals surface area contributed by atoms with E-state index >= 15 is 0 Å². The van der Waals surface area contributed by atoms with Gasteiger partial charge in [-0.25, -0.2) is 12.7 Å². The Hall–Kier alpha value is -0.620. The molecule has 0 aromatic carbocycles. The van der Waals surface area contributed by atoms with E-state index in [9.17, 15) is 13.2 Å². The molecule has 6 heteroatoms. The Labute approximate surface area is 129 Å². The average molecular weight is 318 g/mol. The summed E-state index contributed by atoms with van der Waals surface area (Å²) in [6.45, 7) is 8.77. The van der Waals surface area contributed by atoms with Crippen molar-refractivity contribution in [3.63, 3.8) is 0 Å². The van der Waals surface area contributed by atoms with E-state index in [0.29, 0.717) is 13.1 Å². The summed E-state index contributed by atoms with van der Waals surface area (Å²) in [7, 11) is -3.19. The molecule has 0 aromatic rings. The molecule has 1 rings (SSSR count). The molecule has 1 atom stereocenters. The number of nitrogens with one attached hydrogen (secondary N) is 1. The number of carbonyl (C=O) groups is 1. The van der Waals surface area contributed by atoms with Crippen LogP contribution in [0.2, 0.25) is 0 Å². The van der Waals surface area contributed by atoms with Gasteiger partial charge in [0.1, 0.15) is 0 Å². The van der Waals surface area contributed by atoms with Crippen molar-refractivity contribution in [1.29, 1.82) is 0 Å². The van der Waals surface area contributed by atoms with Gasteiger partial charge in [0.2, 0.25) is 15.9 Å². The molecule has 124 valence electrons. The second kappa shape index (κ2) is 7.58. The molecule has 1 N–H and O–H groups in total. The number of sulfonamides is 1. The van der Waals surface area contributed by atoms with Gasteiger partial charge in [0, 0.05) is 18.6 Å². The van der Waals surface area contributed by atoms with Gasteiger partial charge in [0.25, 0.3) is 0 Å². The van der Waals surface area contributed by atoms with Gasteiger partial charge in [-0.2, -0.15) is 0 Å². The van der Waals surface area contributed by atoms with Crippen molar-refractivity contribution in [1.82, 2.24) is 9.62 Å². The van der Waals surface area contributed by atoms with Gasteiger partial charge < -0.3 is 5.32 Å². The molecular weight excluding hydrogens is 288 g/mol. The molecule has 5 nitrogen and oxygen atoms in total. The minimum atomic E-state index is -3.19. The fourth-order valence-corrected chi connectivity index (χ4v) is 4.15. The summed E-state index contributed by atoms with van der Waals surface area (Å²) in [4.78, 5) is 12.5. The molecule has 0 aromatic heterocycles. The molecule has 1 aliphatic rings. The maximum Gasteiger partial charge on any atom is 0.224 e. The van der Waals surface area contributed by atoms with E-state index in [1.165, 1.54) is 4.31 Å². The van der Waals surface area contributed by atoms with Crippen molar-refractivity contribution in [3.05, 3.63) is 0 Å². The Balaban J connectivity index is 2.75. The van der Waals surface area contributed by atoms with Crippen molar-refractivity contribution in [2.45, 2.75) is 65.3 Å². The first-order valence-corrected chi connectivity index (χ1v) is 9.74. The minimum absolute atomic E-state index is 0.0107. The maximum atomic E-state index is 12.5. The molecule has 0 unspecified atom stereocenters.